The van der Waals surface area contributed by atoms with Crippen molar-refractivity contribution in [3.63, 3.8) is 0 Å². The van der Waals surface area contributed by atoms with Gasteiger partial charge >= 0.3 is 0 Å². The van der Waals surface area contributed by atoms with Gasteiger partial charge in [-0.15, -0.1) is 0 Å². The maximum absolute atomic E-state index is 5.98. The Balaban J connectivity index is 2.01. The van der Waals surface area contributed by atoms with Gasteiger partial charge in [0.25, 0.3) is 0 Å². The zero-order valence-electron chi connectivity index (χ0n) is 12.8. The molecule has 1 saturated heterocycles. The van der Waals surface area contributed by atoms with Gasteiger partial charge in [-0.3, -0.25) is 0 Å². The van der Waals surface area contributed by atoms with Crippen molar-refractivity contribution in [1.82, 2.24) is 19.5 Å². The highest BCUT2D eigenvalue weighted by Gasteiger charge is 2.23. The van der Waals surface area contributed by atoms with Gasteiger partial charge in [-0.05, 0) is 37.9 Å². The average Bonchev–Trinajstić information content (AvgIpc) is 3.09. The summed E-state index contributed by atoms with van der Waals surface area (Å²) in [4.78, 5) is 0. The fraction of sp³-hybridized carbons (Fsp3) is 0.353. The standard InChI is InChI=1S/C17H21N5/c1-11(18)13-4-3-5-15-16(13)22-17(21(15)2)14(10-20-22)12-6-8-19-9-7-12/h3-5,10,12,19H,1,6-9,18H2,2H3. The van der Waals surface area contributed by atoms with Crippen LogP contribution < -0.4 is 11.1 Å². The highest BCUT2D eigenvalue weighted by atomic mass is 15.3. The molecule has 3 aromatic rings. The van der Waals surface area contributed by atoms with Gasteiger partial charge < -0.3 is 15.6 Å². The molecule has 22 heavy (non-hydrogen) atoms. The van der Waals surface area contributed by atoms with Crippen molar-refractivity contribution in [3.8, 4) is 0 Å². The molecule has 2 aromatic heterocycles. The van der Waals surface area contributed by atoms with Gasteiger partial charge in [0.15, 0.2) is 0 Å². The molecule has 114 valence electrons. The molecule has 5 heteroatoms. The van der Waals surface area contributed by atoms with Crippen LogP contribution >= 0.6 is 0 Å². The van der Waals surface area contributed by atoms with E-state index in [9.17, 15) is 0 Å². The lowest BCUT2D eigenvalue weighted by atomic mass is 9.92. The lowest BCUT2D eigenvalue weighted by Crippen LogP contribution is -2.26. The number of aryl methyl sites for hydroxylation is 1. The van der Waals surface area contributed by atoms with Crippen molar-refractivity contribution in [3.05, 3.63) is 42.1 Å². The number of hydrogen-bond donors (Lipinski definition) is 2. The summed E-state index contributed by atoms with van der Waals surface area (Å²) < 4.78 is 4.26. The van der Waals surface area contributed by atoms with E-state index in [4.69, 9.17) is 5.73 Å². The number of fused-ring (bicyclic) bond motifs is 3. The number of nitrogens with zero attached hydrogens (tertiary/aromatic N) is 3. The van der Waals surface area contributed by atoms with Gasteiger partial charge in [-0.1, -0.05) is 18.7 Å². The number of nitrogens with one attached hydrogen (secondary N) is 1. The zero-order chi connectivity index (χ0) is 15.3. The molecule has 3 N–H and O–H groups in total. The number of nitrogens with two attached hydrogens (primary N) is 1. The van der Waals surface area contributed by atoms with Crippen LogP contribution in [-0.2, 0) is 7.05 Å². The molecule has 0 saturated carbocycles. The quantitative estimate of drug-likeness (QED) is 0.762. The lowest BCUT2D eigenvalue weighted by molar-refractivity contribution is 0.461. The molecule has 0 unspecified atom stereocenters. The number of para-hydroxylation sites is 1. The fourth-order valence-corrected chi connectivity index (χ4v) is 3.67. The van der Waals surface area contributed by atoms with Crippen molar-refractivity contribution in [2.24, 2.45) is 12.8 Å². The number of benzene rings is 1. The normalized spacial score (nSPS) is 16.6. The topological polar surface area (TPSA) is 60.3 Å². The van der Waals surface area contributed by atoms with Crippen molar-refractivity contribution in [2.75, 3.05) is 13.1 Å². The van der Waals surface area contributed by atoms with Gasteiger partial charge in [0.05, 0.1) is 17.2 Å². The summed E-state index contributed by atoms with van der Waals surface area (Å²) in [5.74, 6) is 0.575. The number of piperidine rings is 1. The van der Waals surface area contributed by atoms with Crippen LogP contribution in [0.1, 0.15) is 29.9 Å². The monoisotopic (exact) mass is 295 g/mol. The summed E-state index contributed by atoms with van der Waals surface area (Å²) in [6.45, 7) is 6.07. The second-order valence-corrected chi connectivity index (χ2v) is 6.12. The molecule has 5 nitrogen and oxygen atoms in total. The molecule has 1 aromatic carbocycles. The molecule has 0 spiro atoms. The second kappa shape index (κ2) is 4.88. The molecule has 4 rings (SSSR count). The first kappa shape index (κ1) is 13.4. The van der Waals surface area contributed by atoms with Crippen LogP contribution in [0.15, 0.2) is 31.0 Å². The third-order valence-electron chi connectivity index (χ3n) is 4.80. The van der Waals surface area contributed by atoms with Crippen LogP contribution in [-0.4, -0.2) is 27.3 Å². The first-order chi connectivity index (χ1) is 10.7. The Hall–Kier alpha value is -2.27. The summed E-state index contributed by atoms with van der Waals surface area (Å²) >= 11 is 0. The highest BCUT2D eigenvalue weighted by Crippen LogP contribution is 2.33. The Morgan fingerprint density at radius 3 is 2.86 bits per heavy atom. The van der Waals surface area contributed by atoms with Gasteiger partial charge in [0.2, 0.25) is 0 Å². The molecule has 1 fully saturated rings. The molecule has 3 heterocycles. The van der Waals surface area contributed by atoms with E-state index in [1.165, 1.54) is 24.1 Å². The van der Waals surface area contributed by atoms with E-state index < -0.39 is 0 Å². The Kier molecular flexibility index (Phi) is 2.97. The molecular formula is C17H21N5. The first-order valence-corrected chi connectivity index (χ1v) is 7.79. The van der Waals surface area contributed by atoms with E-state index in [1.54, 1.807) is 0 Å². The second-order valence-electron chi connectivity index (χ2n) is 6.12. The Morgan fingerprint density at radius 1 is 1.36 bits per heavy atom. The first-order valence-electron chi connectivity index (χ1n) is 7.79. The lowest BCUT2D eigenvalue weighted by Gasteiger charge is -2.21. The number of hydrogen-bond acceptors (Lipinski definition) is 3. The van der Waals surface area contributed by atoms with E-state index >= 15 is 0 Å². The molecule has 0 amide bonds. The van der Waals surface area contributed by atoms with Crippen molar-refractivity contribution in [1.29, 1.82) is 0 Å². The Labute approximate surface area is 129 Å². The predicted molar refractivity (Wildman–Crippen MR) is 89.7 cm³/mol. The highest BCUT2D eigenvalue weighted by molar-refractivity contribution is 5.92. The minimum atomic E-state index is 0.575. The summed E-state index contributed by atoms with van der Waals surface area (Å²) in [5, 5.41) is 8.09. The van der Waals surface area contributed by atoms with Crippen molar-refractivity contribution >= 4 is 22.4 Å². The fourth-order valence-electron chi connectivity index (χ4n) is 3.67. The van der Waals surface area contributed by atoms with Crippen LogP contribution in [0.4, 0.5) is 0 Å². The molecule has 0 bridgehead atoms. The van der Waals surface area contributed by atoms with E-state index in [0.717, 1.165) is 29.7 Å². The van der Waals surface area contributed by atoms with E-state index in [-0.39, 0.29) is 0 Å². The van der Waals surface area contributed by atoms with E-state index in [1.807, 2.05) is 22.8 Å². The smallest absolute Gasteiger partial charge is 0.140 e. The van der Waals surface area contributed by atoms with Crippen LogP contribution in [0.3, 0.4) is 0 Å². The number of rotatable bonds is 2. The third-order valence-corrected chi connectivity index (χ3v) is 4.80. The molecule has 1 aliphatic rings. The van der Waals surface area contributed by atoms with Crippen LogP contribution in [0.5, 0.6) is 0 Å². The maximum atomic E-state index is 5.98. The third kappa shape index (κ3) is 1.78. The van der Waals surface area contributed by atoms with Crippen molar-refractivity contribution < 1.29 is 0 Å². The van der Waals surface area contributed by atoms with Crippen molar-refractivity contribution in [2.45, 2.75) is 18.8 Å². The number of aromatic nitrogens is 3. The molecule has 0 atom stereocenters. The van der Waals surface area contributed by atoms with E-state index in [0.29, 0.717) is 11.6 Å². The largest absolute Gasteiger partial charge is 0.399 e. The zero-order valence-corrected chi connectivity index (χ0v) is 12.8. The van der Waals surface area contributed by atoms with Gasteiger partial charge in [-0.2, -0.15) is 5.10 Å². The summed E-state index contributed by atoms with van der Waals surface area (Å²) in [7, 11) is 2.10. The SMILES string of the molecule is C=C(N)c1cccc2c1n1ncc(C3CCNCC3)c1n2C. The molecule has 0 radical (unpaired) electrons. The minimum absolute atomic E-state index is 0.575. The van der Waals surface area contributed by atoms with E-state index in [2.05, 4.69) is 34.7 Å². The molecule has 1 aliphatic heterocycles. The predicted octanol–water partition coefficient (Wildman–Crippen LogP) is 2.22. The summed E-state index contributed by atoms with van der Waals surface area (Å²) in [6.07, 6.45) is 4.36. The summed E-state index contributed by atoms with van der Waals surface area (Å²) in [5.41, 5.74) is 12.2. The minimum Gasteiger partial charge on any atom is -0.399 e. The van der Waals surface area contributed by atoms with Crippen LogP contribution in [0.25, 0.3) is 22.4 Å². The Bertz CT molecular complexity index is 864. The van der Waals surface area contributed by atoms with Gasteiger partial charge in [-0.25, -0.2) is 4.52 Å². The van der Waals surface area contributed by atoms with Gasteiger partial charge in [0, 0.05) is 23.9 Å². The molecule has 0 aliphatic carbocycles. The van der Waals surface area contributed by atoms with Crippen LogP contribution in [0, 0.1) is 0 Å². The average molecular weight is 295 g/mol. The molecular weight excluding hydrogens is 274 g/mol. The Morgan fingerprint density at radius 2 is 2.14 bits per heavy atom. The summed E-state index contributed by atoms with van der Waals surface area (Å²) in [6, 6.07) is 6.15. The maximum Gasteiger partial charge on any atom is 0.140 e. The van der Waals surface area contributed by atoms with Gasteiger partial charge in [0.1, 0.15) is 5.65 Å². The number of imidazole rings is 1. The van der Waals surface area contributed by atoms with Crippen LogP contribution in [0.2, 0.25) is 0 Å².